The van der Waals surface area contributed by atoms with Gasteiger partial charge in [-0.1, -0.05) is 23.2 Å². The van der Waals surface area contributed by atoms with E-state index in [0.29, 0.717) is 16.0 Å². The maximum atomic E-state index is 6.21. The van der Waals surface area contributed by atoms with E-state index in [1.807, 2.05) is 20.0 Å². The number of anilines is 3. The van der Waals surface area contributed by atoms with Crippen molar-refractivity contribution in [2.45, 2.75) is 25.7 Å². The minimum Gasteiger partial charge on any atom is -0.373 e. The summed E-state index contributed by atoms with van der Waals surface area (Å²) in [6, 6.07) is 5.36. The third-order valence-corrected chi connectivity index (χ3v) is 4.07. The Kier molecular flexibility index (Phi) is 3.91. The van der Waals surface area contributed by atoms with Gasteiger partial charge in [-0.2, -0.15) is 0 Å². The zero-order valence-corrected chi connectivity index (χ0v) is 13.4. The molecule has 0 atom stereocenters. The number of aromatic nitrogens is 2. The van der Waals surface area contributed by atoms with Crippen LogP contribution in [0.15, 0.2) is 18.2 Å². The van der Waals surface area contributed by atoms with Crippen molar-refractivity contribution < 1.29 is 0 Å². The number of hydrogen-bond donors (Lipinski definition) is 2. The first kappa shape index (κ1) is 14.4. The van der Waals surface area contributed by atoms with Gasteiger partial charge in [-0.05, 0) is 38.0 Å². The summed E-state index contributed by atoms with van der Waals surface area (Å²) in [6.07, 6.45) is 2.32. The van der Waals surface area contributed by atoms with E-state index in [1.54, 1.807) is 12.1 Å². The van der Waals surface area contributed by atoms with Crippen LogP contribution in [0.5, 0.6) is 0 Å². The zero-order valence-electron chi connectivity index (χ0n) is 11.9. The average Bonchev–Trinajstić information content (AvgIpc) is 3.28. The Hall–Kier alpha value is -1.52. The van der Waals surface area contributed by atoms with Gasteiger partial charge < -0.3 is 10.6 Å². The highest BCUT2D eigenvalue weighted by Gasteiger charge is 2.28. The molecule has 1 saturated carbocycles. The third-order valence-electron chi connectivity index (χ3n) is 3.53. The summed E-state index contributed by atoms with van der Waals surface area (Å²) in [4.78, 5) is 9.22. The van der Waals surface area contributed by atoms with Crippen molar-refractivity contribution >= 4 is 40.5 Å². The molecule has 3 rings (SSSR count). The zero-order chi connectivity index (χ0) is 15.0. The van der Waals surface area contributed by atoms with Gasteiger partial charge in [0.15, 0.2) is 0 Å². The summed E-state index contributed by atoms with van der Waals surface area (Å²) in [5, 5.41) is 7.59. The lowest BCUT2D eigenvalue weighted by Gasteiger charge is -2.14. The summed E-state index contributed by atoms with van der Waals surface area (Å²) >= 11 is 12.1. The van der Waals surface area contributed by atoms with Crippen LogP contribution in [0.4, 0.5) is 17.3 Å². The van der Waals surface area contributed by atoms with E-state index in [-0.39, 0.29) is 0 Å². The second-order valence-corrected chi connectivity index (χ2v) is 6.02. The van der Waals surface area contributed by atoms with Crippen molar-refractivity contribution in [1.82, 2.24) is 9.97 Å². The van der Waals surface area contributed by atoms with Crippen molar-refractivity contribution in [3.8, 4) is 0 Å². The standard InChI is InChI=1S/C15H16Cl2N4/c1-8-13(18-2)20-15(9-3-4-9)21-14(8)19-12-6-5-10(16)7-11(12)17/h5-7,9H,3-4H2,1-2H3,(H2,18,19,20,21). The lowest BCUT2D eigenvalue weighted by atomic mass is 10.2. The lowest BCUT2D eigenvalue weighted by Crippen LogP contribution is -2.07. The SMILES string of the molecule is CNc1nc(C2CC2)nc(Nc2ccc(Cl)cc2Cl)c1C. The fraction of sp³-hybridized carbons (Fsp3) is 0.333. The van der Waals surface area contributed by atoms with Gasteiger partial charge >= 0.3 is 0 Å². The highest BCUT2D eigenvalue weighted by molar-refractivity contribution is 6.36. The van der Waals surface area contributed by atoms with Crippen LogP contribution < -0.4 is 10.6 Å². The van der Waals surface area contributed by atoms with E-state index in [2.05, 4.69) is 20.6 Å². The van der Waals surface area contributed by atoms with Gasteiger partial charge in [-0.3, -0.25) is 0 Å². The summed E-state index contributed by atoms with van der Waals surface area (Å²) in [6.45, 7) is 1.98. The number of benzene rings is 1. The first-order chi connectivity index (χ1) is 10.1. The molecule has 2 aromatic rings. The molecule has 1 aliphatic rings. The molecule has 0 spiro atoms. The first-order valence-corrected chi connectivity index (χ1v) is 7.62. The molecule has 6 heteroatoms. The molecule has 0 saturated heterocycles. The van der Waals surface area contributed by atoms with Crippen molar-refractivity contribution in [3.63, 3.8) is 0 Å². The Balaban J connectivity index is 1.98. The number of nitrogens with zero attached hydrogens (tertiary/aromatic N) is 2. The van der Waals surface area contributed by atoms with E-state index in [1.165, 1.54) is 0 Å². The Bertz CT molecular complexity index is 684. The molecule has 0 unspecified atom stereocenters. The molecule has 1 aromatic carbocycles. The molecule has 1 fully saturated rings. The fourth-order valence-corrected chi connectivity index (χ4v) is 2.60. The van der Waals surface area contributed by atoms with Crippen molar-refractivity contribution in [3.05, 3.63) is 39.6 Å². The molecule has 1 heterocycles. The van der Waals surface area contributed by atoms with E-state index < -0.39 is 0 Å². The van der Waals surface area contributed by atoms with Gasteiger partial charge in [-0.15, -0.1) is 0 Å². The highest BCUT2D eigenvalue weighted by atomic mass is 35.5. The van der Waals surface area contributed by atoms with Crippen LogP contribution in [0, 0.1) is 6.92 Å². The fourth-order valence-electron chi connectivity index (χ4n) is 2.14. The van der Waals surface area contributed by atoms with E-state index in [4.69, 9.17) is 23.2 Å². The average molecular weight is 323 g/mol. The van der Waals surface area contributed by atoms with Crippen LogP contribution in [-0.4, -0.2) is 17.0 Å². The Morgan fingerprint density at radius 3 is 2.48 bits per heavy atom. The van der Waals surface area contributed by atoms with Crippen molar-refractivity contribution in [2.75, 3.05) is 17.7 Å². The van der Waals surface area contributed by atoms with Crippen molar-refractivity contribution in [1.29, 1.82) is 0 Å². The van der Waals surface area contributed by atoms with Crippen LogP contribution in [0.3, 0.4) is 0 Å². The van der Waals surface area contributed by atoms with Gasteiger partial charge in [0.25, 0.3) is 0 Å². The number of hydrogen-bond acceptors (Lipinski definition) is 4. The van der Waals surface area contributed by atoms with Gasteiger partial charge in [0, 0.05) is 23.6 Å². The molecule has 110 valence electrons. The van der Waals surface area contributed by atoms with Crippen LogP contribution in [0.2, 0.25) is 10.0 Å². The minimum atomic E-state index is 0.485. The van der Waals surface area contributed by atoms with Crippen LogP contribution in [-0.2, 0) is 0 Å². The molecule has 0 radical (unpaired) electrons. The van der Waals surface area contributed by atoms with E-state index >= 15 is 0 Å². The number of rotatable bonds is 4. The van der Waals surface area contributed by atoms with Crippen molar-refractivity contribution in [2.24, 2.45) is 0 Å². The molecular weight excluding hydrogens is 307 g/mol. The Morgan fingerprint density at radius 2 is 1.86 bits per heavy atom. The Morgan fingerprint density at radius 1 is 1.14 bits per heavy atom. The van der Waals surface area contributed by atoms with E-state index in [9.17, 15) is 0 Å². The molecule has 0 amide bonds. The van der Waals surface area contributed by atoms with Gasteiger partial charge in [-0.25, -0.2) is 9.97 Å². The molecule has 4 nitrogen and oxygen atoms in total. The highest BCUT2D eigenvalue weighted by Crippen LogP contribution is 2.40. The van der Waals surface area contributed by atoms with Crippen LogP contribution in [0.1, 0.15) is 30.1 Å². The molecule has 2 N–H and O–H groups in total. The molecule has 1 aromatic heterocycles. The molecular formula is C15H16Cl2N4. The smallest absolute Gasteiger partial charge is 0.139 e. The Labute approximate surface area is 133 Å². The minimum absolute atomic E-state index is 0.485. The summed E-state index contributed by atoms with van der Waals surface area (Å²) < 4.78 is 0. The monoisotopic (exact) mass is 322 g/mol. The maximum absolute atomic E-state index is 6.21. The molecule has 21 heavy (non-hydrogen) atoms. The summed E-state index contributed by atoms with van der Waals surface area (Å²) in [7, 11) is 1.87. The molecule has 0 bridgehead atoms. The quantitative estimate of drug-likeness (QED) is 0.852. The predicted molar refractivity (Wildman–Crippen MR) is 88.0 cm³/mol. The lowest BCUT2D eigenvalue weighted by molar-refractivity contribution is 0.924. The number of halogens is 2. The van der Waals surface area contributed by atoms with Gasteiger partial charge in [0.2, 0.25) is 0 Å². The van der Waals surface area contributed by atoms with Crippen LogP contribution in [0.25, 0.3) is 0 Å². The van der Waals surface area contributed by atoms with Gasteiger partial charge in [0.1, 0.15) is 17.5 Å². The maximum Gasteiger partial charge on any atom is 0.139 e. The van der Waals surface area contributed by atoms with E-state index in [0.717, 1.165) is 41.6 Å². The third kappa shape index (κ3) is 3.06. The number of nitrogens with one attached hydrogen (secondary N) is 2. The van der Waals surface area contributed by atoms with Crippen LogP contribution >= 0.6 is 23.2 Å². The van der Waals surface area contributed by atoms with Gasteiger partial charge in [0.05, 0.1) is 10.7 Å². The summed E-state index contributed by atoms with van der Waals surface area (Å²) in [5.41, 5.74) is 1.75. The molecule has 1 aliphatic carbocycles. The normalized spacial score (nSPS) is 14.1. The topological polar surface area (TPSA) is 49.8 Å². The first-order valence-electron chi connectivity index (χ1n) is 6.87. The second kappa shape index (κ2) is 5.70. The molecule has 0 aliphatic heterocycles. The predicted octanol–water partition coefficient (Wildman–Crippen LogP) is 4.75. The second-order valence-electron chi connectivity index (χ2n) is 5.18. The summed E-state index contributed by atoms with van der Waals surface area (Å²) in [5.74, 6) is 3.00. The largest absolute Gasteiger partial charge is 0.373 e.